The number of halogens is 3. The number of aromatic nitrogens is 3. The zero-order valence-electron chi connectivity index (χ0n) is 20.0. The van der Waals surface area contributed by atoms with E-state index in [0.29, 0.717) is 25.1 Å². The molecule has 3 aromatic rings. The number of amides is 1. The molecule has 1 fully saturated rings. The Hall–Kier alpha value is -3.47. The highest BCUT2D eigenvalue weighted by Crippen LogP contribution is 2.25. The SMILES string of the molecule is CC.CC1CN(C(=O)c2cc3c(NCc4cccc(C(F)F)c4F)ncnc3n(C)c2=O)CCO1. The predicted octanol–water partition coefficient (Wildman–Crippen LogP) is 3.90. The lowest BCUT2D eigenvalue weighted by Crippen LogP contribution is -2.46. The van der Waals surface area contributed by atoms with E-state index in [1.165, 1.54) is 36.1 Å². The topological polar surface area (TPSA) is 89.4 Å². The van der Waals surface area contributed by atoms with Gasteiger partial charge in [0.05, 0.1) is 23.7 Å². The van der Waals surface area contributed by atoms with Crippen LogP contribution < -0.4 is 10.9 Å². The van der Waals surface area contributed by atoms with E-state index < -0.39 is 29.3 Å². The molecule has 1 saturated heterocycles. The second kappa shape index (κ2) is 11.3. The van der Waals surface area contributed by atoms with Crippen molar-refractivity contribution >= 4 is 22.8 Å². The number of pyridine rings is 1. The van der Waals surface area contributed by atoms with Gasteiger partial charge >= 0.3 is 0 Å². The molecule has 0 spiro atoms. The van der Waals surface area contributed by atoms with Crippen LogP contribution in [0.2, 0.25) is 0 Å². The quantitative estimate of drug-likeness (QED) is 0.582. The van der Waals surface area contributed by atoms with Crippen LogP contribution in [0.1, 0.15) is 48.7 Å². The second-order valence-corrected chi connectivity index (χ2v) is 7.79. The number of nitrogens with zero attached hydrogens (tertiary/aromatic N) is 4. The summed E-state index contributed by atoms with van der Waals surface area (Å²) in [5.74, 6) is -1.19. The molecule has 1 atom stereocenters. The molecule has 11 heteroatoms. The van der Waals surface area contributed by atoms with Crippen LogP contribution in [0.4, 0.5) is 19.0 Å². The lowest BCUT2D eigenvalue weighted by Gasteiger charge is -2.31. The number of carbonyl (C=O) groups excluding carboxylic acids is 1. The maximum absolute atomic E-state index is 14.4. The van der Waals surface area contributed by atoms with Gasteiger partial charge in [-0.3, -0.25) is 14.2 Å². The van der Waals surface area contributed by atoms with Crippen molar-refractivity contribution in [3.05, 3.63) is 63.5 Å². The minimum Gasteiger partial charge on any atom is -0.375 e. The number of hydrogen-bond acceptors (Lipinski definition) is 6. The van der Waals surface area contributed by atoms with Gasteiger partial charge in [-0.05, 0) is 13.0 Å². The fourth-order valence-electron chi connectivity index (χ4n) is 3.82. The Morgan fingerprint density at radius 1 is 1.29 bits per heavy atom. The molecular formula is C24H28F3N5O3. The van der Waals surface area contributed by atoms with Crippen LogP contribution in [0.15, 0.2) is 35.4 Å². The van der Waals surface area contributed by atoms with Gasteiger partial charge in [-0.2, -0.15) is 0 Å². The zero-order chi connectivity index (χ0) is 25.7. The molecule has 0 aliphatic carbocycles. The summed E-state index contributed by atoms with van der Waals surface area (Å²) in [6, 6.07) is 5.18. The highest BCUT2D eigenvalue weighted by Gasteiger charge is 2.26. The maximum atomic E-state index is 14.4. The number of morpholine rings is 1. The van der Waals surface area contributed by atoms with Gasteiger partial charge in [0.25, 0.3) is 17.9 Å². The van der Waals surface area contributed by atoms with E-state index in [1.807, 2.05) is 20.8 Å². The lowest BCUT2D eigenvalue weighted by atomic mass is 10.1. The van der Waals surface area contributed by atoms with Crippen LogP contribution in [0.5, 0.6) is 0 Å². The number of nitrogens with one attached hydrogen (secondary N) is 1. The summed E-state index contributed by atoms with van der Waals surface area (Å²) in [4.78, 5) is 35.8. The molecule has 2 aromatic heterocycles. The minimum atomic E-state index is -2.93. The summed E-state index contributed by atoms with van der Waals surface area (Å²) in [5.41, 5.74) is -0.944. The molecule has 4 rings (SSSR count). The number of ether oxygens (including phenoxy) is 1. The maximum Gasteiger partial charge on any atom is 0.266 e. The second-order valence-electron chi connectivity index (χ2n) is 7.79. The van der Waals surface area contributed by atoms with Crippen molar-refractivity contribution in [3.63, 3.8) is 0 Å². The first kappa shape index (κ1) is 26.1. The Labute approximate surface area is 200 Å². The molecule has 0 radical (unpaired) electrons. The van der Waals surface area contributed by atoms with Crippen molar-refractivity contribution in [1.82, 2.24) is 19.4 Å². The standard InChI is InChI=1S/C22H22F3N5O3.C2H6/c1-12-10-30(6-7-33-12)22(32)16-8-15-19(27-11-28-20(15)29(2)21(16)31)26-9-13-4-3-5-14(17(13)23)18(24)25;1-2/h3-5,8,11-12,18H,6-7,9-10H2,1-2H3,(H,26,27,28);1-2H3. The third-order valence-electron chi connectivity index (χ3n) is 5.55. The molecule has 1 unspecified atom stereocenters. The van der Waals surface area contributed by atoms with E-state index in [0.717, 1.165) is 6.07 Å². The molecule has 1 aliphatic rings. The Morgan fingerprint density at radius 2 is 2.03 bits per heavy atom. The van der Waals surface area contributed by atoms with Crippen LogP contribution in [-0.4, -0.2) is 51.1 Å². The largest absolute Gasteiger partial charge is 0.375 e. The normalized spacial score (nSPS) is 15.7. The van der Waals surface area contributed by atoms with Gasteiger partial charge in [0.15, 0.2) is 0 Å². The minimum absolute atomic E-state index is 0.0305. The Balaban J connectivity index is 0.00000167. The number of alkyl halides is 2. The van der Waals surface area contributed by atoms with Gasteiger partial charge in [-0.1, -0.05) is 32.0 Å². The predicted molar refractivity (Wildman–Crippen MR) is 126 cm³/mol. The molecule has 35 heavy (non-hydrogen) atoms. The van der Waals surface area contributed by atoms with Crippen molar-refractivity contribution in [2.24, 2.45) is 7.05 Å². The van der Waals surface area contributed by atoms with Gasteiger partial charge in [0.2, 0.25) is 0 Å². The van der Waals surface area contributed by atoms with Crippen LogP contribution in [0.25, 0.3) is 11.0 Å². The third kappa shape index (κ3) is 5.45. The number of carbonyl (C=O) groups is 1. The van der Waals surface area contributed by atoms with E-state index in [4.69, 9.17) is 4.74 Å². The zero-order valence-corrected chi connectivity index (χ0v) is 20.0. The lowest BCUT2D eigenvalue weighted by molar-refractivity contribution is -0.0124. The molecule has 1 aromatic carbocycles. The summed E-state index contributed by atoms with van der Waals surface area (Å²) in [5, 5.41) is 3.28. The van der Waals surface area contributed by atoms with E-state index in [-0.39, 0.29) is 35.2 Å². The first-order valence-corrected chi connectivity index (χ1v) is 11.3. The average molecular weight is 492 g/mol. The first-order chi connectivity index (χ1) is 16.8. The van der Waals surface area contributed by atoms with Crippen LogP contribution >= 0.6 is 0 Å². The van der Waals surface area contributed by atoms with Crippen molar-refractivity contribution in [2.75, 3.05) is 25.0 Å². The van der Waals surface area contributed by atoms with Crippen LogP contribution in [0.3, 0.4) is 0 Å². The molecule has 8 nitrogen and oxygen atoms in total. The Kier molecular flexibility index (Phi) is 8.44. The van der Waals surface area contributed by atoms with Crippen molar-refractivity contribution in [2.45, 2.75) is 39.8 Å². The summed E-state index contributed by atoms with van der Waals surface area (Å²) in [7, 11) is 1.49. The van der Waals surface area contributed by atoms with E-state index in [2.05, 4.69) is 15.3 Å². The number of aryl methyl sites for hydroxylation is 1. The molecule has 1 N–H and O–H groups in total. The van der Waals surface area contributed by atoms with Gasteiger partial charge in [0.1, 0.15) is 29.2 Å². The number of hydrogen-bond donors (Lipinski definition) is 1. The average Bonchev–Trinajstić information content (AvgIpc) is 2.86. The molecule has 1 amide bonds. The summed E-state index contributed by atoms with van der Waals surface area (Å²) < 4.78 is 47.1. The molecule has 1 aliphatic heterocycles. The van der Waals surface area contributed by atoms with Crippen molar-refractivity contribution in [3.8, 4) is 0 Å². The fourth-order valence-corrected chi connectivity index (χ4v) is 3.82. The smallest absolute Gasteiger partial charge is 0.266 e. The fraction of sp³-hybridized carbons (Fsp3) is 0.417. The van der Waals surface area contributed by atoms with E-state index in [1.54, 1.807) is 4.90 Å². The molecule has 0 saturated carbocycles. The van der Waals surface area contributed by atoms with Crippen LogP contribution in [0, 0.1) is 5.82 Å². The number of anilines is 1. The summed E-state index contributed by atoms with van der Waals surface area (Å²) in [6.07, 6.45) is -1.86. The van der Waals surface area contributed by atoms with Crippen LogP contribution in [-0.2, 0) is 18.3 Å². The summed E-state index contributed by atoms with van der Waals surface area (Å²) in [6.45, 7) is 6.80. The molecular weight excluding hydrogens is 463 g/mol. The van der Waals surface area contributed by atoms with Crippen molar-refractivity contribution < 1.29 is 22.7 Å². The van der Waals surface area contributed by atoms with E-state index in [9.17, 15) is 22.8 Å². The first-order valence-electron chi connectivity index (χ1n) is 11.3. The Morgan fingerprint density at radius 3 is 2.71 bits per heavy atom. The van der Waals surface area contributed by atoms with Gasteiger partial charge in [-0.15, -0.1) is 0 Å². The van der Waals surface area contributed by atoms with Crippen molar-refractivity contribution in [1.29, 1.82) is 0 Å². The van der Waals surface area contributed by atoms with E-state index >= 15 is 0 Å². The number of fused-ring (bicyclic) bond motifs is 1. The molecule has 3 heterocycles. The highest BCUT2D eigenvalue weighted by molar-refractivity contribution is 5.99. The number of benzene rings is 1. The molecule has 188 valence electrons. The number of rotatable bonds is 5. The van der Waals surface area contributed by atoms with Gasteiger partial charge in [0, 0.05) is 32.2 Å². The third-order valence-corrected chi connectivity index (χ3v) is 5.55. The summed E-state index contributed by atoms with van der Waals surface area (Å²) >= 11 is 0. The highest BCUT2D eigenvalue weighted by atomic mass is 19.3. The van der Waals surface area contributed by atoms with Gasteiger partial charge < -0.3 is 15.0 Å². The monoisotopic (exact) mass is 491 g/mol. The van der Waals surface area contributed by atoms with Gasteiger partial charge in [-0.25, -0.2) is 23.1 Å². The Bertz CT molecular complexity index is 1270. The molecule has 0 bridgehead atoms.